The number of hydrogen-bond donors (Lipinski definition) is 0. The second-order valence-electron chi connectivity index (χ2n) is 12.1. The number of fused-ring (bicyclic) bond motifs is 3. The van der Waals surface area contributed by atoms with Gasteiger partial charge in [-0.15, -0.1) is 0 Å². The normalized spacial score (nSPS) is 11.3. The summed E-state index contributed by atoms with van der Waals surface area (Å²) < 4.78 is 2.11. The first-order valence-electron chi connectivity index (χ1n) is 16.5. The predicted octanol–water partition coefficient (Wildman–Crippen LogP) is 11.3. The highest BCUT2D eigenvalue weighted by atomic mass is 15.3. The molecule has 0 radical (unpaired) electrons. The van der Waals surface area contributed by atoms with Gasteiger partial charge in [0.25, 0.3) is 0 Å². The monoisotopic (exact) mass is 626 g/mol. The highest BCUT2D eigenvalue weighted by Crippen LogP contribution is 2.44. The topological polar surface area (TPSA) is 43.6 Å². The predicted molar refractivity (Wildman–Crippen MR) is 201 cm³/mol. The first kappa shape index (κ1) is 28.6. The van der Waals surface area contributed by atoms with Crippen molar-refractivity contribution < 1.29 is 0 Å². The molecule has 0 fully saturated rings. The maximum Gasteiger partial charge on any atom is 0.160 e. The van der Waals surface area contributed by atoms with Crippen molar-refractivity contribution in [2.75, 3.05) is 0 Å². The lowest BCUT2D eigenvalue weighted by molar-refractivity contribution is 0.918. The molecule has 0 N–H and O–H groups in total. The zero-order chi connectivity index (χ0) is 32.6. The number of rotatable bonds is 6. The zero-order valence-electron chi connectivity index (χ0n) is 26.6. The summed E-state index contributed by atoms with van der Waals surface area (Å²) in [6.45, 7) is 0. The molecule has 0 unspecified atom stereocenters. The maximum atomic E-state index is 5.37. The number of hydrogen-bond acceptors (Lipinski definition) is 3. The standard InChI is InChI=1S/C45H30N4/c1-6-17-31(18-7-1)38-29-39-36(41-30-40(32-19-8-2-9-20-32)46-45(47-41)34-23-12-4-13-24-34)27-16-28-37(39)44-42(38)43(33-21-10-3-11-22-33)48-49(44)35-25-14-5-15-26-35/h1-30H. The molecule has 4 heteroatoms. The zero-order valence-corrected chi connectivity index (χ0v) is 26.6. The minimum Gasteiger partial charge on any atom is -0.232 e. The quantitative estimate of drug-likeness (QED) is 0.184. The van der Waals surface area contributed by atoms with E-state index in [1.807, 2.05) is 30.3 Å². The van der Waals surface area contributed by atoms with E-state index in [2.05, 4.69) is 156 Å². The van der Waals surface area contributed by atoms with E-state index >= 15 is 0 Å². The van der Waals surface area contributed by atoms with Crippen molar-refractivity contribution in [2.45, 2.75) is 0 Å². The fraction of sp³-hybridized carbons (Fsp3) is 0. The molecule has 230 valence electrons. The molecule has 0 bridgehead atoms. The summed E-state index contributed by atoms with van der Waals surface area (Å²) in [6.07, 6.45) is 0. The second kappa shape index (κ2) is 12.2. The first-order valence-corrected chi connectivity index (χ1v) is 16.5. The molecule has 9 rings (SSSR count). The molecule has 0 spiro atoms. The lowest BCUT2D eigenvalue weighted by Crippen LogP contribution is -1.98. The van der Waals surface area contributed by atoms with Gasteiger partial charge >= 0.3 is 0 Å². The summed E-state index contributed by atoms with van der Waals surface area (Å²) in [5.41, 5.74) is 11.2. The Kier molecular flexibility index (Phi) is 7.10. The van der Waals surface area contributed by atoms with Gasteiger partial charge in [0.2, 0.25) is 0 Å². The minimum atomic E-state index is 0.694. The molecule has 0 aliphatic rings. The molecular formula is C45H30N4. The van der Waals surface area contributed by atoms with Crippen LogP contribution in [0.4, 0.5) is 0 Å². The van der Waals surface area contributed by atoms with E-state index in [9.17, 15) is 0 Å². The molecule has 2 heterocycles. The van der Waals surface area contributed by atoms with Crippen LogP contribution >= 0.6 is 0 Å². The Bertz CT molecular complexity index is 2500. The van der Waals surface area contributed by atoms with E-state index in [0.29, 0.717) is 5.82 Å². The third-order valence-electron chi connectivity index (χ3n) is 9.04. The van der Waals surface area contributed by atoms with Gasteiger partial charge in [-0.05, 0) is 40.8 Å². The Labute approximate surface area is 284 Å². The number of nitrogens with zero attached hydrogens (tertiary/aromatic N) is 4. The Hall–Kier alpha value is -6.65. The van der Waals surface area contributed by atoms with Crippen molar-refractivity contribution in [1.29, 1.82) is 0 Å². The summed E-state index contributed by atoms with van der Waals surface area (Å²) in [6, 6.07) is 63.1. The summed E-state index contributed by atoms with van der Waals surface area (Å²) in [5.74, 6) is 0.694. The molecule has 0 saturated carbocycles. The van der Waals surface area contributed by atoms with Crippen molar-refractivity contribution >= 4 is 21.7 Å². The van der Waals surface area contributed by atoms with Crippen molar-refractivity contribution in [2.24, 2.45) is 0 Å². The van der Waals surface area contributed by atoms with Crippen molar-refractivity contribution in [1.82, 2.24) is 19.7 Å². The van der Waals surface area contributed by atoms with Crippen molar-refractivity contribution in [3.05, 3.63) is 182 Å². The number of para-hydroxylation sites is 1. The third kappa shape index (κ3) is 5.16. The third-order valence-corrected chi connectivity index (χ3v) is 9.04. The Balaban J connectivity index is 1.41. The van der Waals surface area contributed by atoms with Crippen LogP contribution < -0.4 is 0 Å². The average Bonchev–Trinajstić information content (AvgIpc) is 3.60. The molecule has 2 aromatic heterocycles. The molecule has 0 saturated heterocycles. The average molecular weight is 627 g/mol. The summed E-state index contributed by atoms with van der Waals surface area (Å²) in [4.78, 5) is 10.3. The van der Waals surface area contributed by atoms with Gasteiger partial charge in [0, 0.05) is 33.0 Å². The summed E-state index contributed by atoms with van der Waals surface area (Å²) >= 11 is 0. The van der Waals surface area contributed by atoms with E-state index in [4.69, 9.17) is 15.1 Å². The van der Waals surface area contributed by atoms with E-state index in [0.717, 1.165) is 77.8 Å². The van der Waals surface area contributed by atoms with Gasteiger partial charge in [0.15, 0.2) is 5.82 Å². The van der Waals surface area contributed by atoms with Gasteiger partial charge in [-0.3, -0.25) is 0 Å². The van der Waals surface area contributed by atoms with Gasteiger partial charge in [-0.1, -0.05) is 158 Å². The molecule has 0 amide bonds. The molecule has 0 aliphatic carbocycles. The maximum absolute atomic E-state index is 5.37. The Morgan fingerprint density at radius 1 is 0.388 bits per heavy atom. The van der Waals surface area contributed by atoms with E-state index < -0.39 is 0 Å². The SMILES string of the molecule is c1ccc(-c2cc(-c3cccc4c3cc(-c3ccccc3)c3c(-c5ccccc5)nn(-c5ccccc5)c34)nc(-c3ccccc3)n2)cc1. The van der Waals surface area contributed by atoms with Gasteiger partial charge in [-0.2, -0.15) is 5.10 Å². The van der Waals surface area contributed by atoms with E-state index in [1.165, 1.54) is 0 Å². The van der Waals surface area contributed by atoms with Gasteiger partial charge in [-0.25, -0.2) is 14.6 Å². The van der Waals surface area contributed by atoms with Crippen molar-refractivity contribution in [3.8, 4) is 62.0 Å². The number of aromatic nitrogens is 4. The largest absolute Gasteiger partial charge is 0.232 e. The fourth-order valence-electron chi connectivity index (χ4n) is 6.75. The first-order chi connectivity index (χ1) is 24.3. The van der Waals surface area contributed by atoms with Crippen LogP contribution in [-0.2, 0) is 0 Å². The number of benzene rings is 7. The molecule has 4 nitrogen and oxygen atoms in total. The smallest absolute Gasteiger partial charge is 0.160 e. The highest BCUT2D eigenvalue weighted by molar-refractivity contribution is 6.19. The van der Waals surface area contributed by atoms with Crippen LogP contribution in [0, 0.1) is 0 Å². The summed E-state index contributed by atoms with van der Waals surface area (Å²) in [5, 5.41) is 8.68. The fourth-order valence-corrected chi connectivity index (χ4v) is 6.75. The lowest BCUT2D eigenvalue weighted by Gasteiger charge is -2.15. The van der Waals surface area contributed by atoms with E-state index in [-0.39, 0.29) is 0 Å². The van der Waals surface area contributed by atoms with Crippen molar-refractivity contribution in [3.63, 3.8) is 0 Å². The van der Waals surface area contributed by atoms with E-state index in [1.54, 1.807) is 0 Å². The van der Waals surface area contributed by atoms with Crippen LogP contribution in [0.25, 0.3) is 83.6 Å². The van der Waals surface area contributed by atoms with Crippen LogP contribution in [0.5, 0.6) is 0 Å². The van der Waals surface area contributed by atoms with Gasteiger partial charge in [0.1, 0.15) is 5.69 Å². The molecular weight excluding hydrogens is 597 g/mol. The van der Waals surface area contributed by atoms with Gasteiger partial charge in [0.05, 0.1) is 22.6 Å². The van der Waals surface area contributed by atoms with Gasteiger partial charge < -0.3 is 0 Å². The Morgan fingerprint density at radius 3 is 1.59 bits per heavy atom. The minimum absolute atomic E-state index is 0.694. The molecule has 49 heavy (non-hydrogen) atoms. The second-order valence-corrected chi connectivity index (χ2v) is 12.1. The van der Waals surface area contributed by atoms with Crippen LogP contribution in [0.3, 0.4) is 0 Å². The molecule has 0 aliphatic heterocycles. The molecule has 0 atom stereocenters. The summed E-state index contributed by atoms with van der Waals surface area (Å²) in [7, 11) is 0. The van der Waals surface area contributed by atoms with Crippen LogP contribution in [0.15, 0.2) is 182 Å². The molecule has 7 aromatic carbocycles. The Morgan fingerprint density at radius 2 is 0.939 bits per heavy atom. The lowest BCUT2D eigenvalue weighted by atomic mass is 9.91. The molecule has 9 aromatic rings. The highest BCUT2D eigenvalue weighted by Gasteiger charge is 2.23. The van der Waals surface area contributed by atoms with Crippen LogP contribution in [0.1, 0.15) is 0 Å². The van der Waals surface area contributed by atoms with Crippen LogP contribution in [-0.4, -0.2) is 19.7 Å². The van der Waals surface area contributed by atoms with Crippen LogP contribution in [0.2, 0.25) is 0 Å².